The molecule has 1 aliphatic carbocycles. The molecule has 5 aromatic carbocycles. The third-order valence-electron chi connectivity index (χ3n) is 8.13. The first-order valence-electron chi connectivity index (χ1n) is 17.6. The maximum atomic E-state index is 12.5. The molecule has 0 spiro atoms. The molecule has 9 nitrogen and oxygen atoms in total. The number of phenols is 3. The zero-order chi connectivity index (χ0) is 43.1. The highest BCUT2D eigenvalue weighted by molar-refractivity contribution is 7.81. The van der Waals surface area contributed by atoms with Crippen molar-refractivity contribution in [3.8, 4) is 17.2 Å². The van der Waals surface area contributed by atoms with Gasteiger partial charge in [-0.15, -0.1) is 0 Å². The van der Waals surface area contributed by atoms with Crippen molar-refractivity contribution in [2.75, 3.05) is 26.6 Å². The van der Waals surface area contributed by atoms with Crippen molar-refractivity contribution in [3.63, 3.8) is 0 Å². The number of hydrogen-bond donors (Lipinski definition) is 9. The summed E-state index contributed by atoms with van der Waals surface area (Å²) in [5.74, 6) is 0.165. The fraction of sp³-hybridized carbons (Fsp3) is 0.175. The predicted octanol–water partition coefficient (Wildman–Crippen LogP) is 13.0. The van der Waals surface area contributed by atoms with E-state index in [1.165, 1.54) is 55.7 Å². The number of phenolic OH excluding ortho intramolecular Hbond substituents is 3. The molecule has 9 N–H and O–H groups in total. The van der Waals surface area contributed by atoms with Gasteiger partial charge in [-0.2, -0.15) is 13.2 Å². The molecule has 0 aromatic heterocycles. The Morgan fingerprint density at radius 3 is 1.24 bits per heavy atom. The number of alkyl halides is 3. The van der Waals surface area contributed by atoms with E-state index in [0.717, 1.165) is 30.7 Å². The topological polar surface area (TPSA) is 133 Å². The molecule has 0 aliphatic heterocycles. The van der Waals surface area contributed by atoms with E-state index in [1.54, 1.807) is 54.6 Å². The normalized spacial score (nSPS) is 12.3. The van der Waals surface area contributed by atoms with Crippen LogP contribution in [0.3, 0.4) is 0 Å². The fourth-order valence-electron chi connectivity index (χ4n) is 5.26. The summed E-state index contributed by atoms with van der Waals surface area (Å²) in [6, 6.07) is 25.9. The van der Waals surface area contributed by atoms with Gasteiger partial charge in [0.2, 0.25) is 0 Å². The minimum atomic E-state index is -4.39. The molecule has 0 bridgehead atoms. The summed E-state index contributed by atoms with van der Waals surface area (Å²) < 4.78 is 37.4. The van der Waals surface area contributed by atoms with E-state index in [1.807, 2.05) is 0 Å². The lowest BCUT2D eigenvalue weighted by Gasteiger charge is -2.24. The van der Waals surface area contributed by atoms with Crippen LogP contribution in [0.1, 0.15) is 37.7 Å². The smallest absolute Gasteiger partial charge is 0.416 e. The van der Waals surface area contributed by atoms with Crippen molar-refractivity contribution < 1.29 is 28.5 Å². The summed E-state index contributed by atoms with van der Waals surface area (Å²) in [7, 11) is 0. The third kappa shape index (κ3) is 16.6. The number of nitrogens with one attached hydrogen (secondary N) is 6. The predicted molar refractivity (Wildman–Crippen MR) is 248 cm³/mol. The van der Waals surface area contributed by atoms with Gasteiger partial charge >= 0.3 is 6.18 Å². The molecule has 6 rings (SSSR count). The lowest BCUT2D eigenvalue weighted by atomic mass is 9.96. The quantitative estimate of drug-likeness (QED) is 0.0593. The Bertz CT molecular complexity index is 2220. The lowest BCUT2D eigenvalue weighted by molar-refractivity contribution is -0.137. The molecule has 59 heavy (non-hydrogen) atoms. The molecule has 1 fully saturated rings. The minimum absolute atomic E-state index is 0.0547. The van der Waals surface area contributed by atoms with Gasteiger partial charge in [0.1, 0.15) is 17.2 Å². The van der Waals surface area contributed by atoms with Crippen molar-refractivity contribution in [1.82, 2.24) is 5.32 Å². The van der Waals surface area contributed by atoms with Gasteiger partial charge in [-0.3, -0.25) is 0 Å². The lowest BCUT2D eigenvalue weighted by Crippen LogP contribution is -2.38. The van der Waals surface area contributed by atoms with E-state index in [0.29, 0.717) is 53.4 Å². The van der Waals surface area contributed by atoms with Gasteiger partial charge in [0.05, 0.1) is 22.6 Å². The zero-order valence-corrected chi connectivity index (χ0v) is 36.1. The zero-order valence-electron chi connectivity index (χ0n) is 30.6. The number of thiocarbonyl (C=S) groups is 3. The van der Waals surface area contributed by atoms with Crippen molar-refractivity contribution in [1.29, 1.82) is 0 Å². The van der Waals surface area contributed by atoms with Crippen molar-refractivity contribution in [2.45, 2.75) is 44.3 Å². The van der Waals surface area contributed by atoms with Gasteiger partial charge in [0.25, 0.3) is 0 Å². The van der Waals surface area contributed by atoms with Crippen molar-refractivity contribution >= 4 is 127 Å². The van der Waals surface area contributed by atoms with Crippen LogP contribution in [-0.4, -0.2) is 36.7 Å². The van der Waals surface area contributed by atoms with E-state index in [2.05, 4.69) is 31.9 Å². The molecule has 0 radical (unpaired) electrons. The summed E-state index contributed by atoms with van der Waals surface area (Å²) >= 11 is 38.7. The molecular formula is C40H37Cl4F3N6O3S3. The van der Waals surface area contributed by atoms with E-state index >= 15 is 0 Å². The van der Waals surface area contributed by atoms with Gasteiger partial charge in [-0.25, -0.2) is 0 Å². The first-order valence-corrected chi connectivity index (χ1v) is 20.3. The summed E-state index contributed by atoms with van der Waals surface area (Å²) in [5.41, 5.74) is 1.70. The van der Waals surface area contributed by atoms with Crippen LogP contribution in [0.15, 0.2) is 103 Å². The van der Waals surface area contributed by atoms with Gasteiger partial charge in [-0.1, -0.05) is 65.7 Å². The molecule has 0 heterocycles. The van der Waals surface area contributed by atoms with Crippen LogP contribution in [0, 0.1) is 0 Å². The van der Waals surface area contributed by atoms with Crippen LogP contribution < -0.4 is 31.9 Å². The largest absolute Gasteiger partial charge is 0.506 e. The Balaban J connectivity index is 0.000000197. The Hall–Kier alpha value is -4.48. The number of hydrogen-bond acceptors (Lipinski definition) is 6. The number of aromatic hydroxyl groups is 3. The summed E-state index contributed by atoms with van der Waals surface area (Å²) in [6.07, 6.45) is 1.75. The molecule has 0 unspecified atom stereocenters. The molecule has 0 amide bonds. The molecule has 5 aromatic rings. The van der Waals surface area contributed by atoms with Gasteiger partial charge < -0.3 is 47.2 Å². The van der Waals surface area contributed by atoms with Gasteiger partial charge in [-0.05, 0) is 153 Å². The summed E-state index contributed by atoms with van der Waals surface area (Å²) in [5, 5.41) is 49.6. The van der Waals surface area contributed by atoms with E-state index in [-0.39, 0.29) is 28.0 Å². The first kappa shape index (κ1) is 47.2. The third-order valence-corrected chi connectivity index (χ3v) is 9.72. The van der Waals surface area contributed by atoms with E-state index in [4.69, 9.17) is 83.1 Å². The van der Waals surface area contributed by atoms with Crippen LogP contribution in [0.4, 0.5) is 41.6 Å². The Labute approximate surface area is 375 Å². The van der Waals surface area contributed by atoms with Crippen LogP contribution in [-0.2, 0) is 6.18 Å². The molecule has 0 atom stereocenters. The van der Waals surface area contributed by atoms with Gasteiger partial charge in [0.15, 0.2) is 15.3 Å². The molecule has 19 heteroatoms. The first-order chi connectivity index (χ1) is 27.9. The monoisotopic (exact) mass is 942 g/mol. The van der Waals surface area contributed by atoms with E-state index < -0.39 is 11.7 Å². The number of halogens is 7. The van der Waals surface area contributed by atoms with Gasteiger partial charge in [0, 0.05) is 37.5 Å². The number of anilines is 5. The average Bonchev–Trinajstić information content (AvgIpc) is 3.18. The maximum absolute atomic E-state index is 12.5. The second kappa shape index (κ2) is 22.8. The average molecular weight is 945 g/mol. The van der Waals surface area contributed by atoms with Crippen molar-refractivity contribution in [3.05, 3.63) is 129 Å². The Morgan fingerprint density at radius 2 is 0.847 bits per heavy atom. The standard InChI is InChI=1S/C14H10ClF3N2OS.C13H10Cl2N2OS.C13H17ClN2OS/c15-9-3-6-12(21)11(7-9)20-13(22)19-10-4-1-8(2-5-10)14(16,17)18;14-8-1-4-10(5-2-8)16-13(19)17-11-7-9(15)3-6-12(11)18;14-9-6-7-12(17)11(8-9)16-13(18)15-10-4-2-1-3-5-10/h1-7,21H,(H2,19,20,22);1-7,18H,(H2,16,17,19);6-8,10,17H,1-5H2,(H2,15,16,18). The Morgan fingerprint density at radius 1 is 0.492 bits per heavy atom. The molecule has 1 saturated carbocycles. The molecule has 312 valence electrons. The number of rotatable bonds is 6. The highest BCUT2D eigenvalue weighted by atomic mass is 35.5. The fourth-order valence-corrected chi connectivity index (χ4v) is 6.64. The van der Waals surface area contributed by atoms with Crippen LogP contribution in [0.5, 0.6) is 17.2 Å². The summed E-state index contributed by atoms with van der Waals surface area (Å²) in [4.78, 5) is 0. The Kier molecular flexibility index (Phi) is 18.2. The van der Waals surface area contributed by atoms with Crippen LogP contribution in [0.25, 0.3) is 0 Å². The summed E-state index contributed by atoms with van der Waals surface area (Å²) in [6.45, 7) is 0. The molecular weight excluding hydrogens is 907 g/mol. The second-order valence-electron chi connectivity index (χ2n) is 12.7. The van der Waals surface area contributed by atoms with Crippen LogP contribution >= 0.6 is 83.1 Å². The highest BCUT2D eigenvalue weighted by Crippen LogP contribution is 2.31. The molecule has 1 aliphatic rings. The van der Waals surface area contributed by atoms with Crippen LogP contribution in [0.2, 0.25) is 20.1 Å². The van der Waals surface area contributed by atoms with E-state index in [9.17, 15) is 28.5 Å². The minimum Gasteiger partial charge on any atom is -0.506 e. The molecule has 0 saturated heterocycles. The van der Waals surface area contributed by atoms with Crippen molar-refractivity contribution in [2.24, 2.45) is 0 Å². The maximum Gasteiger partial charge on any atom is 0.416 e. The highest BCUT2D eigenvalue weighted by Gasteiger charge is 2.30. The second-order valence-corrected chi connectivity index (χ2v) is 15.6. The number of benzene rings is 5. The SMILES string of the molecule is Oc1ccc(Cl)cc1NC(=S)NC1CCCCC1.Oc1ccc(Cl)cc1NC(=S)Nc1ccc(C(F)(F)F)cc1.Oc1ccc(Cl)cc1NC(=S)Nc1ccc(Cl)cc1.